The molecule has 212 valence electrons. The van der Waals surface area contributed by atoms with E-state index in [0.29, 0.717) is 42.1 Å². The van der Waals surface area contributed by atoms with E-state index in [1.54, 1.807) is 0 Å². The fraction of sp³-hybridized carbons (Fsp3) is 0.375. The van der Waals surface area contributed by atoms with E-state index < -0.39 is 11.7 Å². The Morgan fingerprint density at radius 3 is 2.55 bits per heavy atom. The second-order valence-corrected chi connectivity index (χ2v) is 11.0. The fourth-order valence-corrected chi connectivity index (χ4v) is 6.08. The van der Waals surface area contributed by atoms with Crippen LogP contribution in [0.3, 0.4) is 0 Å². The quantitative estimate of drug-likeness (QED) is 0.233. The Labute approximate surface area is 241 Å². The SMILES string of the molecule is CNCc1ccc(C(=O)N2CCCC(C(O)(CCCNC(=O)O)c3cccc(Cl)c3-c3cccc(C)c3)C2)cc1. The predicted octanol–water partition coefficient (Wildman–Crippen LogP) is 5.82. The van der Waals surface area contributed by atoms with Crippen LogP contribution in [-0.4, -0.2) is 53.8 Å². The highest BCUT2D eigenvalue weighted by Crippen LogP contribution is 2.45. The molecule has 0 aliphatic carbocycles. The van der Waals surface area contributed by atoms with Crippen molar-refractivity contribution in [3.05, 3.63) is 94.0 Å². The first-order valence-electron chi connectivity index (χ1n) is 13.8. The number of hydrogen-bond acceptors (Lipinski definition) is 4. The van der Waals surface area contributed by atoms with Crippen LogP contribution in [0.1, 0.15) is 52.7 Å². The third-order valence-electron chi connectivity index (χ3n) is 7.76. The molecular weight excluding hydrogens is 526 g/mol. The Kier molecular flexibility index (Phi) is 9.85. The van der Waals surface area contributed by atoms with Crippen molar-refractivity contribution in [3.8, 4) is 11.1 Å². The van der Waals surface area contributed by atoms with Gasteiger partial charge in [0.25, 0.3) is 5.91 Å². The fourth-order valence-electron chi connectivity index (χ4n) is 5.79. The first kappa shape index (κ1) is 29.6. The molecule has 3 aromatic rings. The normalized spacial score (nSPS) is 16.8. The van der Waals surface area contributed by atoms with Crippen LogP contribution < -0.4 is 10.6 Å². The molecular formula is C32H38ClN3O4. The summed E-state index contributed by atoms with van der Waals surface area (Å²) in [6, 6.07) is 21.2. The van der Waals surface area contributed by atoms with Crippen LogP contribution in [0.5, 0.6) is 0 Å². The highest BCUT2D eigenvalue weighted by atomic mass is 35.5. The van der Waals surface area contributed by atoms with Gasteiger partial charge in [-0.2, -0.15) is 0 Å². The van der Waals surface area contributed by atoms with Crippen molar-refractivity contribution < 1.29 is 19.8 Å². The predicted molar refractivity (Wildman–Crippen MR) is 159 cm³/mol. The maximum absolute atomic E-state index is 13.5. The summed E-state index contributed by atoms with van der Waals surface area (Å²) >= 11 is 6.79. The molecule has 0 saturated carbocycles. The molecule has 3 aromatic carbocycles. The van der Waals surface area contributed by atoms with E-state index in [-0.39, 0.29) is 18.4 Å². The van der Waals surface area contributed by atoms with Crippen molar-refractivity contribution in [2.45, 2.75) is 44.8 Å². The van der Waals surface area contributed by atoms with Gasteiger partial charge in [-0.3, -0.25) is 4.79 Å². The van der Waals surface area contributed by atoms with Crippen LogP contribution >= 0.6 is 11.6 Å². The molecule has 1 heterocycles. The third kappa shape index (κ3) is 6.84. The van der Waals surface area contributed by atoms with Gasteiger partial charge in [0.05, 0.1) is 5.60 Å². The summed E-state index contributed by atoms with van der Waals surface area (Å²) in [5.41, 5.74) is 3.85. The zero-order valence-electron chi connectivity index (χ0n) is 23.1. The summed E-state index contributed by atoms with van der Waals surface area (Å²) < 4.78 is 0. The molecule has 4 rings (SSSR count). The van der Waals surface area contributed by atoms with E-state index >= 15 is 0 Å². The number of piperidine rings is 1. The van der Waals surface area contributed by atoms with E-state index in [9.17, 15) is 14.7 Å². The number of carbonyl (C=O) groups is 2. The number of carboxylic acid groups (broad SMARTS) is 1. The number of nitrogens with zero attached hydrogens (tertiary/aromatic N) is 1. The molecule has 1 aliphatic heterocycles. The van der Waals surface area contributed by atoms with Crippen LogP contribution in [0, 0.1) is 12.8 Å². The minimum atomic E-state index is -1.33. The maximum atomic E-state index is 13.5. The van der Waals surface area contributed by atoms with Crippen molar-refractivity contribution in [1.82, 2.24) is 15.5 Å². The lowest BCUT2D eigenvalue weighted by atomic mass is 9.72. The van der Waals surface area contributed by atoms with Crippen LogP contribution in [-0.2, 0) is 12.1 Å². The number of nitrogens with one attached hydrogen (secondary N) is 2. The molecule has 0 radical (unpaired) electrons. The average Bonchev–Trinajstić information content (AvgIpc) is 2.95. The van der Waals surface area contributed by atoms with Crippen molar-refractivity contribution in [3.63, 3.8) is 0 Å². The number of aryl methyl sites for hydroxylation is 1. The Balaban J connectivity index is 1.68. The third-order valence-corrected chi connectivity index (χ3v) is 8.08. The summed E-state index contributed by atoms with van der Waals surface area (Å²) in [6.07, 6.45) is 1.14. The monoisotopic (exact) mass is 563 g/mol. The Morgan fingerprint density at radius 1 is 1.10 bits per heavy atom. The van der Waals surface area contributed by atoms with Gasteiger partial charge in [0, 0.05) is 48.2 Å². The second kappa shape index (κ2) is 13.3. The van der Waals surface area contributed by atoms with E-state index in [2.05, 4.69) is 10.6 Å². The molecule has 4 N–H and O–H groups in total. The van der Waals surface area contributed by atoms with Gasteiger partial charge >= 0.3 is 6.09 Å². The maximum Gasteiger partial charge on any atom is 0.404 e. The average molecular weight is 564 g/mol. The van der Waals surface area contributed by atoms with E-state index in [1.165, 1.54) is 0 Å². The van der Waals surface area contributed by atoms with E-state index in [0.717, 1.165) is 41.6 Å². The smallest absolute Gasteiger partial charge is 0.404 e. The van der Waals surface area contributed by atoms with Gasteiger partial charge in [-0.05, 0) is 74.5 Å². The largest absolute Gasteiger partial charge is 0.465 e. The van der Waals surface area contributed by atoms with Crippen molar-refractivity contribution in [1.29, 1.82) is 0 Å². The molecule has 1 fully saturated rings. The molecule has 8 heteroatoms. The molecule has 0 bridgehead atoms. The second-order valence-electron chi connectivity index (χ2n) is 10.6. The molecule has 2 atom stereocenters. The van der Waals surface area contributed by atoms with Crippen LogP contribution in [0.2, 0.25) is 5.02 Å². The Bertz CT molecular complexity index is 1330. The van der Waals surface area contributed by atoms with Gasteiger partial charge in [-0.1, -0.05) is 65.7 Å². The Hall–Kier alpha value is -3.39. The molecule has 40 heavy (non-hydrogen) atoms. The van der Waals surface area contributed by atoms with Gasteiger partial charge in [-0.25, -0.2) is 4.79 Å². The number of amides is 2. The summed E-state index contributed by atoms with van der Waals surface area (Å²) in [5.74, 6) is -0.318. The number of rotatable bonds is 10. The number of hydrogen-bond donors (Lipinski definition) is 4. The van der Waals surface area contributed by atoms with Gasteiger partial charge in [0.2, 0.25) is 0 Å². The topological polar surface area (TPSA) is 102 Å². The lowest BCUT2D eigenvalue weighted by Gasteiger charge is -2.44. The summed E-state index contributed by atoms with van der Waals surface area (Å²) in [5, 5.41) is 27.7. The summed E-state index contributed by atoms with van der Waals surface area (Å²) in [4.78, 5) is 26.4. The molecule has 7 nitrogen and oxygen atoms in total. The number of likely N-dealkylation sites (tertiary alicyclic amines) is 1. The highest BCUT2D eigenvalue weighted by molar-refractivity contribution is 6.33. The number of carbonyl (C=O) groups excluding carboxylic acids is 1. The zero-order chi connectivity index (χ0) is 28.7. The Morgan fingerprint density at radius 2 is 1.85 bits per heavy atom. The summed E-state index contributed by atoms with van der Waals surface area (Å²) in [6.45, 7) is 3.96. The van der Waals surface area contributed by atoms with Gasteiger partial charge in [-0.15, -0.1) is 0 Å². The molecule has 2 amide bonds. The molecule has 1 saturated heterocycles. The number of aliphatic hydroxyl groups is 1. The van der Waals surface area contributed by atoms with Crippen LogP contribution in [0.25, 0.3) is 11.1 Å². The van der Waals surface area contributed by atoms with Crippen molar-refractivity contribution in [2.75, 3.05) is 26.7 Å². The standard InChI is InChI=1S/C32H38ClN3O4/c1-22-7-3-8-25(19-22)29-27(10-4-11-28(29)33)32(40,16-6-17-35-31(38)39)26-9-5-18-36(21-26)30(37)24-14-12-23(13-15-24)20-34-2/h3-4,7-8,10-15,19,26,34-35,40H,5-6,9,16-18,20-21H2,1-2H3,(H,38,39). The number of halogens is 1. The van der Waals surface area contributed by atoms with Crippen molar-refractivity contribution >= 4 is 23.6 Å². The summed E-state index contributed by atoms with van der Waals surface area (Å²) in [7, 11) is 1.89. The molecule has 0 aromatic heterocycles. The minimum absolute atomic E-state index is 0.0550. The van der Waals surface area contributed by atoms with Crippen LogP contribution in [0.15, 0.2) is 66.7 Å². The van der Waals surface area contributed by atoms with Crippen LogP contribution in [0.4, 0.5) is 4.79 Å². The molecule has 2 unspecified atom stereocenters. The highest BCUT2D eigenvalue weighted by Gasteiger charge is 2.43. The lowest BCUT2D eigenvalue weighted by Crippen LogP contribution is -2.48. The first-order valence-corrected chi connectivity index (χ1v) is 14.2. The van der Waals surface area contributed by atoms with Crippen molar-refractivity contribution in [2.24, 2.45) is 5.92 Å². The van der Waals surface area contributed by atoms with Gasteiger partial charge < -0.3 is 25.7 Å². The van der Waals surface area contributed by atoms with E-state index in [4.69, 9.17) is 16.7 Å². The minimum Gasteiger partial charge on any atom is -0.465 e. The molecule has 1 aliphatic rings. The zero-order valence-corrected chi connectivity index (χ0v) is 23.9. The van der Waals surface area contributed by atoms with E-state index in [1.807, 2.05) is 85.6 Å². The van der Waals surface area contributed by atoms with Gasteiger partial charge in [0.1, 0.15) is 0 Å². The number of benzene rings is 3. The molecule has 0 spiro atoms. The lowest BCUT2D eigenvalue weighted by molar-refractivity contribution is -0.0563. The van der Waals surface area contributed by atoms with Gasteiger partial charge in [0.15, 0.2) is 0 Å². The first-order chi connectivity index (χ1) is 19.2.